The Labute approximate surface area is 120 Å². The summed E-state index contributed by atoms with van der Waals surface area (Å²) in [5.41, 5.74) is 1.32. The highest BCUT2D eigenvalue weighted by Gasteiger charge is 2.20. The number of nitrogens with one attached hydrogen (secondary N) is 1. The van der Waals surface area contributed by atoms with Crippen LogP contribution in [0.5, 0.6) is 0 Å². The van der Waals surface area contributed by atoms with Gasteiger partial charge >= 0.3 is 0 Å². The molecule has 0 fully saturated rings. The van der Waals surface area contributed by atoms with Gasteiger partial charge in [0.05, 0.1) is 12.5 Å². The molecule has 0 radical (unpaired) electrons. The van der Waals surface area contributed by atoms with Crippen LogP contribution in [-0.4, -0.2) is 36.4 Å². The van der Waals surface area contributed by atoms with Crippen molar-refractivity contribution >= 4 is 11.7 Å². The molecule has 20 heavy (non-hydrogen) atoms. The Bertz CT molecular complexity index is 526. The van der Waals surface area contributed by atoms with E-state index in [-0.39, 0.29) is 11.3 Å². The third kappa shape index (κ3) is 3.95. The van der Waals surface area contributed by atoms with E-state index in [1.54, 1.807) is 25.1 Å². The summed E-state index contributed by atoms with van der Waals surface area (Å²) >= 11 is 0. The van der Waals surface area contributed by atoms with E-state index >= 15 is 0 Å². The minimum Gasteiger partial charge on any atom is -0.373 e. The maximum atomic E-state index is 12.4. The fraction of sp³-hybridized carbons (Fsp3) is 0.533. The lowest BCUT2D eigenvalue weighted by molar-refractivity contribution is 0.0798. The fourth-order valence-corrected chi connectivity index (χ4v) is 1.71. The first-order valence-electron chi connectivity index (χ1n) is 6.62. The third-order valence-corrected chi connectivity index (χ3v) is 3.00. The van der Waals surface area contributed by atoms with Crippen molar-refractivity contribution < 1.29 is 4.79 Å². The number of nitrogens with zero attached hydrogens (tertiary/aromatic N) is 3. The van der Waals surface area contributed by atoms with E-state index in [1.807, 2.05) is 12.1 Å². The molecule has 0 saturated heterocycles. The number of hydrogen-bond donors (Lipinski definition) is 1. The summed E-state index contributed by atoms with van der Waals surface area (Å²) in [5.74, 6) is 0.583. The Morgan fingerprint density at radius 2 is 2.10 bits per heavy atom. The normalized spacial score (nSPS) is 10.8. The van der Waals surface area contributed by atoms with E-state index in [0.717, 1.165) is 5.69 Å². The Morgan fingerprint density at radius 3 is 2.60 bits per heavy atom. The highest BCUT2D eigenvalue weighted by atomic mass is 16.2. The molecule has 0 aliphatic heterocycles. The van der Waals surface area contributed by atoms with Crippen LogP contribution >= 0.6 is 0 Å². The number of rotatable bonds is 4. The smallest absolute Gasteiger partial charge is 0.253 e. The Kier molecular flexibility index (Phi) is 5.09. The average molecular weight is 274 g/mol. The van der Waals surface area contributed by atoms with Gasteiger partial charge in [0.15, 0.2) is 0 Å². The molecule has 1 heterocycles. The van der Waals surface area contributed by atoms with Gasteiger partial charge in [0.2, 0.25) is 0 Å². The van der Waals surface area contributed by atoms with Gasteiger partial charge in [-0.2, -0.15) is 5.26 Å². The molecule has 0 atom stereocenters. The summed E-state index contributed by atoms with van der Waals surface area (Å²) in [4.78, 5) is 18.4. The Balaban J connectivity index is 3.11. The zero-order chi connectivity index (χ0) is 15.3. The van der Waals surface area contributed by atoms with Gasteiger partial charge in [-0.3, -0.25) is 4.79 Å². The fourth-order valence-electron chi connectivity index (χ4n) is 1.71. The summed E-state index contributed by atoms with van der Waals surface area (Å²) in [7, 11) is 3.48. The molecule has 1 aromatic rings. The van der Waals surface area contributed by atoms with E-state index < -0.39 is 0 Å². The van der Waals surface area contributed by atoms with Crippen molar-refractivity contribution in [2.75, 3.05) is 26.0 Å². The van der Waals surface area contributed by atoms with Crippen molar-refractivity contribution in [2.45, 2.75) is 32.6 Å². The molecule has 0 saturated carbocycles. The quantitative estimate of drug-likeness (QED) is 0.915. The van der Waals surface area contributed by atoms with E-state index in [0.29, 0.717) is 24.3 Å². The lowest BCUT2D eigenvalue weighted by Crippen LogP contribution is -2.28. The van der Waals surface area contributed by atoms with E-state index in [1.165, 1.54) is 0 Å². The number of pyridine rings is 1. The molecule has 1 aromatic heterocycles. The lowest BCUT2D eigenvalue weighted by Gasteiger charge is -2.21. The molecule has 1 rings (SSSR count). The van der Waals surface area contributed by atoms with Gasteiger partial charge in [-0.05, 0) is 12.1 Å². The number of nitriles is 1. The minimum atomic E-state index is -0.132. The molecular weight excluding hydrogens is 252 g/mol. The number of hydrogen-bond acceptors (Lipinski definition) is 4. The zero-order valence-electron chi connectivity index (χ0n) is 12.8. The maximum absolute atomic E-state index is 12.4. The summed E-state index contributed by atoms with van der Waals surface area (Å²) in [6.07, 6.45) is 0.332. The number of aromatic nitrogens is 1. The highest BCUT2D eigenvalue weighted by molar-refractivity contribution is 5.95. The van der Waals surface area contributed by atoms with Crippen molar-refractivity contribution in [1.82, 2.24) is 9.88 Å². The number of carbonyl (C=O) groups excluding carboxylic acids is 1. The van der Waals surface area contributed by atoms with Crippen molar-refractivity contribution in [1.29, 1.82) is 5.26 Å². The summed E-state index contributed by atoms with van der Waals surface area (Å²) in [6, 6.07) is 5.61. The summed E-state index contributed by atoms with van der Waals surface area (Å²) in [6.45, 7) is 6.60. The van der Waals surface area contributed by atoms with Gasteiger partial charge in [-0.25, -0.2) is 4.98 Å². The van der Waals surface area contributed by atoms with Crippen LogP contribution in [0.15, 0.2) is 12.1 Å². The predicted molar refractivity (Wildman–Crippen MR) is 79.7 cm³/mol. The van der Waals surface area contributed by atoms with Crippen LogP contribution < -0.4 is 5.32 Å². The number of carbonyl (C=O) groups is 1. The van der Waals surface area contributed by atoms with Gasteiger partial charge in [-0.1, -0.05) is 20.8 Å². The molecule has 0 unspecified atom stereocenters. The second-order valence-electron chi connectivity index (χ2n) is 5.76. The second-order valence-corrected chi connectivity index (χ2v) is 5.76. The second kappa shape index (κ2) is 6.38. The van der Waals surface area contributed by atoms with E-state index in [4.69, 9.17) is 5.26 Å². The number of anilines is 1. The van der Waals surface area contributed by atoms with Crippen molar-refractivity contribution in [3.63, 3.8) is 0 Å². The van der Waals surface area contributed by atoms with Gasteiger partial charge in [-0.15, -0.1) is 0 Å². The van der Waals surface area contributed by atoms with Crippen LogP contribution in [0.3, 0.4) is 0 Å². The average Bonchev–Trinajstić information content (AvgIpc) is 2.42. The molecule has 0 spiro atoms. The van der Waals surface area contributed by atoms with Crippen molar-refractivity contribution in [3.8, 4) is 6.07 Å². The molecule has 1 amide bonds. The van der Waals surface area contributed by atoms with Crippen molar-refractivity contribution in [3.05, 3.63) is 23.4 Å². The predicted octanol–water partition coefficient (Wildman–Crippen LogP) is 2.41. The van der Waals surface area contributed by atoms with Crippen LogP contribution in [0.4, 0.5) is 5.82 Å². The molecule has 0 aromatic carbocycles. The van der Waals surface area contributed by atoms with Gasteiger partial charge in [0, 0.05) is 37.3 Å². The molecule has 5 nitrogen and oxygen atoms in total. The minimum absolute atomic E-state index is 0.0929. The lowest BCUT2D eigenvalue weighted by atomic mass is 9.90. The highest BCUT2D eigenvalue weighted by Crippen LogP contribution is 2.23. The van der Waals surface area contributed by atoms with Crippen LogP contribution in [0.25, 0.3) is 0 Å². The largest absolute Gasteiger partial charge is 0.373 e. The monoisotopic (exact) mass is 274 g/mol. The van der Waals surface area contributed by atoms with Gasteiger partial charge in [0.25, 0.3) is 5.91 Å². The van der Waals surface area contributed by atoms with E-state index in [2.05, 4.69) is 31.1 Å². The number of amides is 1. The molecule has 108 valence electrons. The molecule has 0 aliphatic carbocycles. The topological polar surface area (TPSA) is 69.0 Å². The summed E-state index contributed by atoms with van der Waals surface area (Å²) in [5, 5.41) is 11.6. The first kappa shape index (κ1) is 16.0. The first-order valence-corrected chi connectivity index (χ1v) is 6.62. The molecule has 5 heteroatoms. The summed E-state index contributed by atoms with van der Waals surface area (Å²) < 4.78 is 0. The molecular formula is C15H22N4O. The van der Waals surface area contributed by atoms with Crippen LogP contribution in [0.2, 0.25) is 0 Å². The molecule has 0 bridgehead atoms. The first-order chi connectivity index (χ1) is 9.29. The van der Waals surface area contributed by atoms with Crippen LogP contribution in [0.1, 0.15) is 43.2 Å². The van der Waals surface area contributed by atoms with E-state index in [9.17, 15) is 4.79 Å². The SMILES string of the molecule is CNc1cc(C(=O)N(C)CCC#N)cc(C(C)(C)C)n1. The zero-order valence-corrected chi connectivity index (χ0v) is 12.8. The van der Waals surface area contributed by atoms with Crippen LogP contribution in [-0.2, 0) is 5.41 Å². The standard InChI is InChI=1S/C15H22N4O/c1-15(2,3)12-9-11(10-13(17-4)18-12)14(20)19(5)8-6-7-16/h9-10H,6,8H2,1-5H3,(H,17,18). The van der Waals surface area contributed by atoms with Gasteiger partial charge in [0.1, 0.15) is 5.82 Å². The Morgan fingerprint density at radius 1 is 1.45 bits per heavy atom. The van der Waals surface area contributed by atoms with Crippen molar-refractivity contribution in [2.24, 2.45) is 0 Å². The van der Waals surface area contributed by atoms with Gasteiger partial charge < -0.3 is 10.2 Å². The molecule has 0 aliphatic rings. The molecule has 1 N–H and O–H groups in total. The maximum Gasteiger partial charge on any atom is 0.253 e. The third-order valence-electron chi connectivity index (χ3n) is 3.00. The van der Waals surface area contributed by atoms with Crippen LogP contribution in [0, 0.1) is 11.3 Å². The Hall–Kier alpha value is -2.09.